The molecule has 1 aromatic carbocycles. The van der Waals surface area contributed by atoms with Crippen LogP contribution in [0.25, 0.3) is 0 Å². The summed E-state index contributed by atoms with van der Waals surface area (Å²) in [7, 11) is 0. The molecule has 1 aromatic rings. The Bertz CT molecular complexity index is 330. The van der Waals surface area contributed by atoms with Gasteiger partial charge in [0.25, 0.3) is 0 Å². The van der Waals surface area contributed by atoms with Crippen LogP contribution in [0.3, 0.4) is 0 Å². The molecule has 0 fully saturated rings. The molecule has 18 heavy (non-hydrogen) atoms. The maximum absolute atomic E-state index is 11.8. The van der Waals surface area contributed by atoms with Crippen LogP contribution in [0, 0.1) is 5.92 Å². The second-order valence-corrected chi connectivity index (χ2v) is 5.04. The molecule has 1 rings (SSSR count). The van der Waals surface area contributed by atoms with Gasteiger partial charge in [-0.1, -0.05) is 44.2 Å². The summed E-state index contributed by atoms with van der Waals surface area (Å²) in [6, 6.07) is 9.46. The van der Waals surface area contributed by atoms with Gasteiger partial charge in [0.05, 0.1) is 0 Å². The summed E-state index contributed by atoms with van der Waals surface area (Å²) in [5, 5.41) is 0. The topological polar surface area (TPSA) is 26.3 Å². The van der Waals surface area contributed by atoms with Crippen LogP contribution in [0.5, 0.6) is 0 Å². The van der Waals surface area contributed by atoms with Crippen molar-refractivity contribution in [2.45, 2.75) is 39.5 Å². The Kier molecular flexibility index (Phi) is 7.35. The van der Waals surface area contributed by atoms with Crippen LogP contribution in [0.1, 0.15) is 49.9 Å². The zero-order valence-corrected chi connectivity index (χ0v) is 11.5. The lowest BCUT2D eigenvalue weighted by Crippen LogP contribution is -2.03. The Balaban J connectivity index is 2.03. The van der Waals surface area contributed by atoms with E-state index in [1.165, 1.54) is 6.42 Å². The van der Waals surface area contributed by atoms with Crippen molar-refractivity contribution < 1.29 is 9.53 Å². The number of ketones is 1. The van der Waals surface area contributed by atoms with Crippen molar-refractivity contribution in [1.29, 1.82) is 0 Å². The Morgan fingerprint density at radius 3 is 2.44 bits per heavy atom. The highest BCUT2D eigenvalue weighted by molar-refractivity contribution is 5.95. The number of carbonyl (C=O) groups is 1. The molecule has 0 aliphatic rings. The lowest BCUT2D eigenvalue weighted by atomic mass is 10.1. The van der Waals surface area contributed by atoms with Crippen LogP contribution in [-0.4, -0.2) is 19.0 Å². The van der Waals surface area contributed by atoms with Crippen LogP contribution >= 0.6 is 0 Å². The first-order valence-electron chi connectivity index (χ1n) is 6.86. The van der Waals surface area contributed by atoms with Gasteiger partial charge < -0.3 is 4.74 Å². The van der Waals surface area contributed by atoms with Crippen LogP contribution in [0.4, 0.5) is 0 Å². The Labute approximate surface area is 110 Å². The lowest BCUT2D eigenvalue weighted by molar-refractivity contribution is 0.0931. The van der Waals surface area contributed by atoms with Gasteiger partial charge in [0, 0.05) is 25.2 Å². The minimum Gasteiger partial charge on any atom is -0.381 e. The van der Waals surface area contributed by atoms with Gasteiger partial charge in [0.1, 0.15) is 0 Å². The van der Waals surface area contributed by atoms with Gasteiger partial charge in [-0.05, 0) is 25.2 Å². The van der Waals surface area contributed by atoms with E-state index in [0.717, 1.165) is 30.9 Å². The van der Waals surface area contributed by atoms with Gasteiger partial charge in [-0.3, -0.25) is 4.79 Å². The fourth-order valence-electron chi connectivity index (χ4n) is 1.80. The van der Waals surface area contributed by atoms with Gasteiger partial charge >= 0.3 is 0 Å². The van der Waals surface area contributed by atoms with E-state index in [2.05, 4.69) is 13.8 Å². The molecule has 0 spiro atoms. The van der Waals surface area contributed by atoms with Crippen LogP contribution in [-0.2, 0) is 4.74 Å². The fourth-order valence-corrected chi connectivity index (χ4v) is 1.80. The van der Waals surface area contributed by atoms with Crippen molar-refractivity contribution in [3.05, 3.63) is 35.9 Å². The summed E-state index contributed by atoms with van der Waals surface area (Å²) < 4.78 is 5.52. The Morgan fingerprint density at radius 2 is 1.78 bits per heavy atom. The average Bonchev–Trinajstić information content (AvgIpc) is 2.38. The summed E-state index contributed by atoms with van der Waals surface area (Å²) in [6.45, 7) is 5.95. The van der Waals surface area contributed by atoms with Gasteiger partial charge in [0.2, 0.25) is 0 Å². The monoisotopic (exact) mass is 248 g/mol. The van der Waals surface area contributed by atoms with Gasteiger partial charge in [-0.15, -0.1) is 0 Å². The third-order valence-electron chi connectivity index (χ3n) is 2.86. The van der Waals surface area contributed by atoms with Crippen LogP contribution in [0.2, 0.25) is 0 Å². The molecule has 0 bridgehead atoms. The minimum absolute atomic E-state index is 0.210. The van der Waals surface area contributed by atoms with Crippen molar-refractivity contribution in [3.63, 3.8) is 0 Å². The van der Waals surface area contributed by atoms with Crippen molar-refractivity contribution in [1.82, 2.24) is 0 Å². The molecule has 0 aliphatic heterocycles. The maximum Gasteiger partial charge on any atom is 0.162 e. The third-order valence-corrected chi connectivity index (χ3v) is 2.86. The second kappa shape index (κ2) is 8.87. The van der Waals surface area contributed by atoms with Gasteiger partial charge in [-0.25, -0.2) is 0 Å². The third kappa shape index (κ3) is 6.55. The summed E-state index contributed by atoms with van der Waals surface area (Å²) in [6.07, 6.45) is 3.72. The molecule has 100 valence electrons. The first kappa shape index (κ1) is 14.9. The van der Waals surface area contributed by atoms with Crippen molar-refractivity contribution in [3.8, 4) is 0 Å². The van der Waals surface area contributed by atoms with Crippen molar-refractivity contribution in [2.75, 3.05) is 13.2 Å². The molecule has 0 atom stereocenters. The van der Waals surface area contributed by atoms with Gasteiger partial charge in [0.15, 0.2) is 5.78 Å². The molecule has 0 unspecified atom stereocenters. The molecular formula is C16H24O2. The predicted molar refractivity (Wildman–Crippen MR) is 74.9 cm³/mol. The van der Waals surface area contributed by atoms with E-state index in [4.69, 9.17) is 4.74 Å². The summed E-state index contributed by atoms with van der Waals surface area (Å²) in [5.41, 5.74) is 0.803. The quantitative estimate of drug-likeness (QED) is 0.486. The van der Waals surface area contributed by atoms with E-state index < -0.39 is 0 Å². The molecule has 2 heteroatoms. The molecule has 0 amide bonds. The van der Waals surface area contributed by atoms with E-state index in [1.54, 1.807) is 0 Å². The molecule has 0 saturated heterocycles. The zero-order chi connectivity index (χ0) is 13.2. The van der Waals surface area contributed by atoms with E-state index in [0.29, 0.717) is 13.0 Å². The minimum atomic E-state index is 0.210. The number of carbonyl (C=O) groups excluding carboxylic acids is 1. The van der Waals surface area contributed by atoms with Crippen LogP contribution in [0.15, 0.2) is 30.3 Å². The Hall–Kier alpha value is -1.15. The second-order valence-electron chi connectivity index (χ2n) is 5.04. The first-order valence-corrected chi connectivity index (χ1v) is 6.86. The highest BCUT2D eigenvalue weighted by Gasteiger charge is 2.04. The molecule has 2 nitrogen and oxygen atoms in total. The summed E-state index contributed by atoms with van der Waals surface area (Å²) >= 11 is 0. The molecule has 0 N–H and O–H groups in total. The van der Waals surface area contributed by atoms with E-state index >= 15 is 0 Å². The summed E-state index contributed by atoms with van der Waals surface area (Å²) in [5.74, 6) is 0.953. The fraction of sp³-hybridized carbons (Fsp3) is 0.562. The largest absolute Gasteiger partial charge is 0.381 e. The van der Waals surface area contributed by atoms with Crippen molar-refractivity contribution in [2.24, 2.45) is 5.92 Å². The van der Waals surface area contributed by atoms with E-state index in [1.807, 2.05) is 30.3 Å². The lowest BCUT2D eigenvalue weighted by Gasteiger charge is -2.06. The highest BCUT2D eigenvalue weighted by Crippen LogP contribution is 2.06. The predicted octanol–water partition coefficient (Wildman–Crippen LogP) is 4.10. The number of ether oxygens (including phenoxy) is 1. The van der Waals surface area contributed by atoms with E-state index in [-0.39, 0.29) is 5.78 Å². The zero-order valence-electron chi connectivity index (χ0n) is 11.5. The van der Waals surface area contributed by atoms with Crippen LogP contribution < -0.4 is 0 Å². The molecule has 0 radical (unpaired) electrons. The highest BCUT2D eigenvalue weighted by atomic mass is 16.5. The number of rotatable bonds is 9. The maximum atomic E-state index is 11.8. The molecule has 0 aliphatic carbocycles. The van der Waals surface area contributed by atoms with Gasteiger partial charge in [-0.2, -0.15) is 0 Å². The van der Waals surface area contributed by atoms with Crippen molar-refractivity contribution >= 4 is 5.78 Å². The number of hydrogen-bond acceptors (Lipinski definition) is 2. The Morgan fingerprint density at radius 1 is 1.11 bits per heavy atom. The normalized spacial score (nSPS) is 10.8. The smallest absolute Gasteiger partial charge is 0.162 e. The number of hydrogen-bond donors (Lipinski definition) is 0. The SMILES string of the molecule is CC(C)CCCOCCCC(=O)c1ccccc1. The number of benzene rings is 1. The van der Waals surface area contributed by atoms with E-state index in [9.17, 15) is 4.79 Å². The molecule has 0 aromatic heterocycles. The number of Topliss-reactive ketones (excluding diaryl/α,β-unsaturated/α-hetero) is 1. The first-order chi connectivity index (χ1) is 8.70. The molecular weight excluding hydrogens is 224 g/mol. The average molecular weight is 248 g/mol. The molecule has 0 heterocycles. The molecule has 0 saturated carbocycles. The summed E-state index contributed by atoms with van der Waals surface area (Å²) in [4.78, 5) is 11.8. The standard InChI is InChI=1S/C16H24O2/c1-14(2)8-6-12-18-13-7-11-16(17)15-9-4-3-5-10-15/h3-5,9-10,14H,6-8,11-13H2,1-2H3.